The zero-order chi connectivity index (χ0) is 15.1. The minimum Gasteiger partial charge on any atom is -0.497 e. The van der Waals surface area contributed by atoms with Crippen LogP contribution in [0.15, 0.2) is 18.2 Å². The number of methoxy groups -OCH3 is 2. The van der Waals surface area contributed by atoms with Gasteiger partial charge in [0.15, 0.2) is 0 Å². The Morgan fingerprint density at radius 3 is 2.15 bits per heavy atom. The van der Waals surface area contributed by atoms with E-state index in [0.29, 0.717) is 30.4 Å². The second-order valence-corrected chi connectivity index (χ2v) is 5.12. The highest BCUT2D eigenvalue weighted by Gasteiger charge is 2.18. The molecule has 0 aliphatic rings. The lowest BCUT2D eigenvalue weighted by atomic mass is 10.0. The minimum atomic E-state index is -0.825. The predicted molar refractivity (Wildman–Crippen MR) is 77.3 cm³/mol. The van der Waals surface area contributed by atoms with Crippen LogP contribution in [0.1, 0.15) is 25.8 Å². The van der Waals surface area contributed by atoms with Crippen LogP contribution in [0.4, 0.5) is 0 Å². The summed E-state index contributed by atoms with van der Waals surface area (Å²) < 4.78 is 10.4. The molecule has 0 fully saturated rings. The first-order valence-corrected chi connectivity index (χ1v) is 6.64. The van der Waals surface area contributed by atoms with Gasteiger partial charge in [0.1, 0.15) is 17.5 Å². The van der Waals surface area contributed by atoms with Crippen molar-refractivity contribution in [1.82, 2.24) is 5.32 Å². The standard InChI is InChI=1S/C15H23NO4/c1-10(2)5-14(15(17)18)16-9-11-6-12(19-3)8-13(7-11)20-4/h6-8,10,14,16H,5,9H2,1-4H3,(H,17,18). The summed E-state index contributed by atoms with van der Waals surface area (Å²) in [5.41, 5.74) is 0.927. The summed E-state index contributed by atoms with van der Waals surface area (Å²) in [6, 6.07) is 4.96. The molecule has 1 aromatic carbocycles. The van der Waals surface area contributed by atoms with E-state index < -0.39 is 12.0 Å². The molecule has 1 atom stereocenters. The van der Waals surface area contributed by atoms with Crippen molar-refractivity contribution in [2.45, 2.75) is 32.9 Å². The molecule has 5 heteroatoms. The van der Waals surface area contributed by atoms with Crippen LogP contribution in [0.25, 0.3) is 0 Å². The maximum atomic E-state index is 11.2. The molecule has 0 spiro atoms. The van der Waals surface area contributed by atoms with Gasteiger partial charge in [-0.2, -0.15) is 0 Å². The monoisotopic (exact) mass is 281 g/mol. The van der Waals surface area contributed by atoms with Crippen LogP contribution in [0.3, 0.4) is 0 Å². The fraction of sp³-hybridized carbons (Fsp3) is 0.533. The van der Waals surface area contributed by atoms with Crippen LogP contribution >= 0.6 is 0 Å². The second-order valence-electron chi connectivity index (χ2n) is 5.12. The number of hydrogen-bond donors (Lipinski definition) is 2. The van der Waals surface area contributed by atoms with Gasteiger partial charge in [-0.05, 0) is 30.0 Å². The van der Waals surface area contributed by atoms with E-state index in [1.807, 2.05) is 26.0 Å². The Morgan fingerprint density at radius 1 is 1.20 bits per heavy atom. The van der Waals surface area contributed by atoms with E-state index in [2.05, 4.69) is 5.32 Å². The summed E-state index contributed by atoms with van der Waals surface area (Å²) >= 11 is 0. The number of benzene rings is 1. The summed E-state index contributed by atoms with van der Waals surface area (Å²) in [4.78, 5) is 11.2. The lowest BCUT2D eigenvalue weighted by molar-refractivity contribution is -0.140. The molecule has 1 aromatic rings. The molecular formula is C15H23NO4. The molecule has 2 N–H and O–H groups in total. The molecule has 0 saturated carbocycles. The number of carboxylic acid groups (broad SMARTS) is 1. The number of ether oxygens (including phenoxy) is 2. The smallest absolute Gasteiger partial charge is 0.320 e. The zero-order valence-corrected chi connectivity index (χ0v) is 12.5. The first kappa shape index (κ1) is 16.3. The van der Waals surface area contributed by atoms with Crippen molar-refractivity contribution in [3.05, 3.63) is 23.8 Å². The molecule has 112 valence electrons. The van der Waals surface area contributed by atoms with E-state index in [1.54, 1.807) is 20.3 Å². The van der Waals surface area contributed by atoms with E-state index in [4.69, 9.17) is 9.47 Å². The SMILES string of the molecule is COc1cc(CNC(CC(C)C)C(=O)O)cc(OC)c1. The second kappa shape index (κ2) is 7.75. The molecule has 5 nitrogen and oxygen atoms in total. The summed E-state index contributed by atoms with van der Waals surface area (Å²) in [5.74, 6) is 0.880. The van der Waals surface area contributed by atoms with Crippen LogP contribution in [-0.4, -0.2) is 31.3 Å². The highest BCUT2D eigenvalue weighted by Crippen LogP contribution is 2.22. The fourth-order valence-corrected chi connectivity index (χ4v) is 1.95. The van der Waals surface area contributed by atoms with Gasteiger partial charge in [-0.25, -0.2) is 0 Å². The highest BCUT2D eigenvalue weighted by atomic mass is 16.5. The molecule has 0 saturated heterocycles. The third-order valence-corrected chi connectivity index (χ3v) is 2.97. The van der Waals surface area contributed by atoms with Crippen molar-refractivity contribution in [3.63, 3.8) is 0 Å². The van der Waals surface area contributed by atoms with Gasteiger partial charge in [0.25, 0.3) is 0 Å². The van der Waals surface area contributed by atoms with Crippen LogP contribution in [0.5, 0.6) is 11.5 Å². The molecule has 1 rings (SSSR count). The summed E-state index contributed by atoms with van der Waals surface area (Å²) in [5, 5.41) is 12.2. The van der Waals surface area contributed by atoms with Gasteiger partial charge in [0, 0.05) is 12.6 Å². The summed E-state index contributed by atoms with van der Waals surface area (Å²) in [7, 11) is 3.18. The van der Waals surface area contributed by atoms with E-state index in [1.165, 1.54) is 0 Å². The maximum Gasteiger partial charge on any atom is 0.320 e. The molecular weight excluding hydrogens is 258 g/mol. The van der Waals surface area contributed by atoms with Crippen molar-refractivity contribution in [2.24, 2.45) is 5.92 Å². The summed E-state index contributed by atoms with van der Waals surface area (Å²) in [6.07, 6.45) is 0.594. The minimum absolute atomic E-state index is 0.323. The van der Waals surface area contributed by atoms with Crippen molar-refractivity contribution >= 4 is 5.97 Å². The number of nitrogens with one attached hydrogen (secondary N) is 1. The van der Waals surface area contributed by atoms with E-state index in [9.17, 15) is 9.90 Å². The lowest BCUT2D eigenvalue weighted by Crippen LogP contribution is -2.37. The molecule has 0 aliphatic heterocycles. The van der Waals surface area contributed by atoms with Gasteiger partial charge in [-0.15, -0.1) is 0 Å². The Morgan fingerprint density at radius 2 is 1.75 bits per heavy atom. The average molecular weight is 281 g/mol. The van der Waals surface area contributed by atoms with Gasteiger partial charge in [0.05, 0.1) is 14.2 Å². The van der Waals surface area contributed by atoms with Crippen LogP contribution in [0, 0.1) is 5.92 Å². The lowest BCUT2D eigenvalue weighted by Gasteiger charge is -2.17. The maximum absolute atomic E-state index is 11.2. The summed E-state index contributed by atoms with van der Waals surface area (Å²) in [6.45, 7) is 4.47. The molecule has 20 heavy (non-hydrogen) atoms. The third-order valence-electron chi connectivity index (χ3n) is 2.97. The largest absolute Gasteiger partial charge is 0.497 e. The van der Waals surface area contributed by atoms with Crippen molar-refractivity contribution < 1.29 is 19.4 Å². The van der Waals surface area contributed by atoms with Crippen molar-refractivity contribution in [2.75, 3.05) is 14.2 Å². The van der Waals surface area contributed by atoms with Crippen LogP contribution in [-0.2, 0) is 11.3 Å². The van der Waals surface area contributed by atoms with E-state index in [-0.39, 0.29) is 0 Å². The van der Waals surface area contributed by atoms with Gasteiger partial charge in [-0.1, -0.05) is 13.8 Å². The number of hydrogen-bond acceptors (Lipinski definition) is 4. The average Bonchev–Trinajstić information content (AvgIpc) is 2.42. The normalized spacial score (nSPS) is 12.2. The molecule has 0 bridgehead atoms. The molecule has 0 amide bonds. The molecule has 0 aromatic heterocycles. The molecule has 0 radical (unpaired) electrons. The van der Waals surface area contributed by atoms with Gasteiger partial charge < -0.3 is 19.9 Å². The number of carbonyl (C=O) groups is 1. The van der Waals surface area contributed by atoms with Gasteiger partial charge in [-0.3, -0.25) is 4.79 Å². The van der Waals surface area contributed by atoms with Gasteiger partial charge >= 0.3 is 5.97 Å². The van der Waals surface area contributed by atoms with Crippen LogP contribution < -0.4 is 14.8 Å². The van der Waals surface area contributed by atoms with Crippen LogP contribution in [0.2, 0.25) is 0 Å². The number of carboxylic acids is 1. The predicted octanol–water partition coefficient (Wildman–Crippen LogP) is 2.29. The Balaban J connectivity index is 2.74. The zero-order valence-electron chi connectivity index (χ0n) is 12.5. The Hall–Kier alpha value is -1.75. The first-order valence-electron chi connectivity index (χ1n) is 6.64. The quantitative estimate of drug-likeness (QED) is 0.765. The number of aliphatic carboxylic acids is 1. The fourth-order valence-electron chi connectivity index (χ4n) is 1.95. The van der Waals surface area contributed by atoms with Gasteiger partial charge in [0.2, 0.25) is 0 Å². The van der Waals surface area contributed by atoms with E-state index >= 15 is 0 Å². The Bertz CT molecular complexity index is 423. The van der Waals surface area contributed by atoms with Crippen molar-refractivity contribution in [1.29, 1.82) is 0 Å². The Kier molecular flexibility index (Phi) is 6.31. The molecule has 0 heterocycles. The third kappa shape index (κ3) is 5.09. The topological polar surface area (TPSA) is 67.8 Å². The van der Waals surface area contributed by atoms with Crippen molar-refractivity contribution in [3.8, 4) is 11.5 Å². The first-order chi connectivity index (χ1) is 9.46. The van der Waals surface area contributed by atoms with E-state index in [0.717, 1.165) is 5.56 Å². The Labute approximate surface area is 119 Å². The number of rotatable bonds is 8. The molecule has 0 aliphatic carbocycles. The molecule has 1 unspecified atom stereocenters. The highest BCUT2D eigenvalue weighted by molar-refractivity contribution is 5.73.